The highest BCUT2D eigenvalue weighted by atomic mass is 16.2. The van der Waals surface area contributed by atoms with Crippen LogP contribution in [0.25, 0.3) is 0 Å². The summed E-state index contributed by atoms with van der Waals surface area (Å²) in [6.45, 7) is 1.53. The van der Waals surface area contributed by atoms with E-state index in [1.165, 1.54) is 18.4 Å². The van der Waals surface area contributed by atoms with Gasteiger partial charge < -0.3 is 14.7 Å². The largest absolute Gasteiger partial charge is 0.361 e. The Balaban J connectivity index is 1.38. The molecule has 1 saturated heterocycles. The Hall–Kier alpha value is -2.77. The van der Waals surface area contributed by atoms with Crippen LogP contribution in [0.5, 0.6) is 0 Å². The van der Waals surface area contributed by atoms with Gasteiger partial charge in [0.2, 0.25) is 0 Å². The van der Waals surface area contributed by atoms with Gasteiger partial charge in [0.15, 0.2) is 17.3 Å². The van der Waals surface area contributed by atoms with E-state index in [4.69, 9.17) is 0 Å². The van der Waals surface area contributed by atoms with Crippen LogP contribution in [0.3, 0.4) is 0 Å². The highest BCUT2D eigenvalue weighted by Crippen LogP contribution is 2.26. The Morgan fingerprint density at radius 3 is 2.52 bits per heavy atom. The van der Waals surface area contributed by atoms with E-state index in [1.54, 1.807) is 11.0 Å². The molecule has 2 aromatic heterocycles. The molecule has 2 aromatic rings. The number of carbonyl (C=O) groups excluding carboxylic acids is 1. The number of carbonyl (C=O) groups is 1. The highest BCUT2D eigenvalue weighted by Gasteiger charge is 2.34. The number of rotatable bonds is 4. The summed E-state index contributed by atoms with van der Waals surface area (Å²) in [5.41, 5.74) is 2.85. The molecule has 0 saturated carbocycles. The third kappa shape index (κ3) is 3.43. The fourth-order valence-electron chi connectivity index (χ4n) is 3.54. The van der Waals surface area contributed by atoms with Gasteiger partial charge in [0.25, 0.3) is 5.91 Å². The normalized spacial score (nSPS) is 16.5. The van der Waals surface area contributed by atoms with Crippen molar-refractivity contribution in [2.45, 2.75) is 31.7 Å². The molecule has 0 bridgehead atoms. The Morgan fingerprint density at radius 2 is 1.81 bits per heavy atom. The molecule has 8 nitrogen and oxygen atoms in total. The van der Waals surface area contributed by atoms with Crippen molar-refractivity contribution in [3.05, 3.63) is 35.2 Å². The van der Waals surface area contributed by atoms with E-state index in [0.717, 1.165) is 43.3 Å². The lowest BCUT2D eigenvalue weighted by Gasteiger charge is -2.44. The molecular formula is C19H25N7O. The van der Waals surface area contributed by atoms with Crippen molar-refractivity contribution in [1.82, 2.24) is 25.3 Å². The summed E-state index contributed by atoms with van der Waals surface area (Å²) in [6, 6.07) is 5.85. The number of aromatic nitrogens is 4. The molecule has 0 atom stereocenters. The summed E-state index contributed by atoms with van der Waals surface area (Å²) >= 11 is 0. The van der Waals surface area contributed by atoms with Crippen molar-refractivity contribution in [2.24, 2.45) is 0 Å². The highest BCUT2D eigenvalue weighted by molar-refractivity contribution is 5.92. The minimum atomic E-state index is -0.103. The quantitative estimate of drug-likeness (QED) is 0.803. The van der Waals surface area contributed by atoms with Gasteiger partial charge in [-0.1, -0.05) is 0 Å². The van der Waals surface area contributed by atoms with Crippen molar-refractivity contribution in [3.63, 3.8) is 0 Å². The Bertz CT molecular complexity index is 830. The monoisotopic (exact) mass is 367 g/mol. The lowest BCUT2D eigenvalue weighted by Crippen LogP contribution is -2.60. The first kappa shape index (κ1) is 17.6. The van der Waals surface area contributed by atoms with E-state index in [2.05, 4.69) is 31.4 Å². The van der Waals surface area contributed by atoms with E-state index in [0.29, 0.717) is 5.69 Å². The third-order valence-corrected chi connectivity index (χ3v) is 5.44. The molecular weight excluding hydrogens is 342 g/mol. The lowest BCUT2D eigenvalue weighted by molar-refractivity contribution is 0.0698. The number of fused-ring (bicyclic) bond motifs is 1. The zero-order valence-electron chi connectivity index (χ0n) is 16.1. The van der Waals surface area contributed by atoms with Crippen LogP contribution in [0.1, 0.15) is 34.6 Å². The second-order valence-corrected chi connectivity index (χ2v) is 7.53. The molecule has 0 unspecified atom stereocenters. The van der Waals surface area contributed by atoms with Gasteiger partial charge in [0.05, 0.1) is 11.7 Å². The van der Waals surface area contributed by atoms with Gasteiger partial charge in [-0.05, 0) is 49.4 Å². The van der Waals surface area contributed by atoms with Gasteiger partial charge in [0, 0.05) is 34.2 Å². The standard InChI is InChI=1S/C19H25N7O/c1-24(2)17-9-8-16(21-22-17)19(27)25(3)14-11-26(12-14)18-10-13-6-4-5-7-15(13)20-23-18/h8-10,14H,4-7,11-12H2,1-3H3. The van der Waals surface area contributed by atoms with Crippen LogP contribution in [-0.2, 0) is 12.8 Å². The van der Waals surface area contributed by atoms with E-state index < -0.39 is 0 Å². The van der Waals surface area contributed by atoms with Gasteiger partial charge in [-0.25, -0.2) is 0 Å². The fraction of sp³-hybridized carbons (Fsp3) is 0.526. The predicted molar refractivity (Wildman–Crippen MR) is 103 cm³/mol. The van der Waals surface area contributed by atoms with E-state index in [9.17, 15) is 4.79 Å². The molecule has 0 radical (unpaired) electrons. The average molecular weight is 367 g/mol. The number of likely N-dealkylation sites (N-methyl/N-ethyl adjacent to an activating group) is 1. The maximum absolute atomic E-state index is 12.7. The number of nitrogens with zero attached hydrogens (tertiary/aromatic N) is 7. The molecule has 4 rings (SSSR count). The molecule has 0 aromatic carbocycles. The van der Waals surface area contributed by atoms with Crippen LogP contribution in [-0.4, -0.2) is 71.5 Å². The summed E-state index contributed by atoms with van der Waals surface area (Å²) < 4.78 is 0. The molecule has 0 N–H and O–H groups in total. The van der Waals surface area contributed by atoms with Crippen LogP contribution < -0.4 is 9.80 Å². The van der Waals surface area contributed by atoms with Crippen molar-refractivity contribution in [2.75, 3.05) is 44.0 Å². The van der Waals surface area contributed by atoms with Gasteiger partial charge in [-0.3, -0.25) is 4.79 Å². The zero-order chi connectivity index (χ0) is 19.0. The summed E-state index contributed by atoms with van der Waals surface area (Å²) in [6.07, 6.45) is 4.56. The second-order valence-electron chi connectivity index (χ2n) is 7.53. The molecule has 1 amide bonds. The first-order valence-corrected chi connectivity index (χ1v) is 9.41. The number of amides is 1. The van der Waals surface area contributed by atoms with Gasteiger partial charge in [-0.2, -0.15) is 5.10 Å². The summed E-state index contributed by atoms with van der Waals surface area (Å²) in [4.78, 5) is 18.4. The number of aryl methyl sites for hydroxylation is 2. The molecule has 142 valence electrons. The van der Waals surface area contributed by atoms with Crippen molar-refractivity contribution in [3.8, 4) is 0 Å². The maximum Gasteiger partial charge on any atom is 0.274 e. The molecule has 27 heavy (non-hydrogen) atoms. The van der Waals surface area contributed by atoms with Gasteiger partial charge in [0.1, 0.15) is 0 Å². The Kier molecular flexibility index (Phi) is 4.63. The van der Waals surface area contributed by atoms with E-state index in [-0.39, 0.29) is 11.9 Å². The van der Waals surface area contributed by atoms with Crippen LogP contribution in [0, 0.1) is 0 Å². The average Bonchev–Trinajstić information content (AvgIpc) is 2.66. The Labute approximate surface area is 159 Å². The minimum absolute atomic E-state index is 0.103. The zero-order valence-corrected chi connectivity index (χ0v) is 16.1. The SMILES string of the molecule is CN(C)c1ccc(C(=O)N(C)C2CN(c3cc4c(nn3)CCCC4)C2)nn1. The molecule has 1 fully saturated rings. The first-order chi connectivity index (χ1) is 13.0. The number of anilines is 2. The Morgan fingerprint density at radius 1 is 1.04 bits per heavy atom. The summed E-state index contributed by atoms with van der Waals surface area (Å²) in [7, 11) is 5.61. The lowest BCUT2D eigenvalue weighted by atomic mass is 9.96. The molecule has 2 aliphatic rings. The fourth-order valence-corrected chi connectivity index (χ4v) is 3.54. The summed E-state index contributed by atoms with van der Waals surface area (Å²) in [5.74, 6) is 1.55. The molecule has 8 heteroatoms. The van der Waals surface area contributed by atoms with E-state index >= 15 is 0 Å². The first-order valence-electron chi connectivity index (χ1n) is 9.41. The van der Waals surface area contributed by atoms with E-state index in [1.807, 2.05) is 32.1 Å². The molecule has 0 spiro atoms. The topological polar surface area (TPSA) is 78.4 Å². The van der Waals surface area contributed by atoms with Crippen LogP contribution in [0.4, 0.5) is 11.6 Å². The minimum Gasteiger partial charge on any atom is -0.361 e. The third-order valence-electron chi connectivity index (χ3n) is 5.44. The van der Waals surface area contributed by atoms with Crippen molar-refractivity contribution >= 4 is 17.5 Å². The summed E-state index contributed by atoms with van der Waals surface area (Å²) in [5, 5.41) is 16.9. The van der Waals surface area contributed by atoms with Gasteiger partial charge in [-0.15, -0.1) is 15.3 Å². The molecule has 1 aliphatic heterocycles. The van der Waals surface area contributed by atoms with Crippen LogP contribution in [0.15, 0.2) is 18.2 Å². The van der Waals surface area contributed by atoms with Crippen LogP contribution in [0.2, 0.25) is 0 Å². The molecule has 1 aliphatic carbocycles. The molecule has 3 heterocycles. The smallest absolute Gasteiger partial charge is 0.274 e. The predicted octanol–water partition coefficient (Wildman–Crippen LogP) is 1.17. The van der Waals surface area contributed by atoms with Crippen LogP contribution >= 0.6 is 0 Å². The van der Waals surface area contributed by atoms with Crippen molar-refractivity contribution < 1.29 is 4.79 Å². The van der Waals surface area contributed by atoms with Gasteiger partial charge >= 0.3 is 0 Å². The number of hydrogen-bond acceptors (Lipinski definition) is 7. The maximum atomic E-state index is 12.7. The van der Waals surface area contributed by atoms with Crippen molar-refractivity contribution in [1.29, 1.82) is 0 Å². The second kappa shape index (κ2) is 7.09. The number of hydrogen-bond donors (Lipinski definition) is 0.